The van der Waals surface area contributed by atoms with Gasteiger partial charge in [-0.3, -0.25) is 19.1 Å². The van der Waals surface area contributed by atoms with Crippen molar-refractivity contribution in [3.63, 3.8) is 0 Å². The molecule has 3 aromatic heterocycles. The van der Waals surface area contributed by atoms with Gasteiger partial charge in [0.15, 0.2) is 11.6 Å². The van der Waals surface area contributed by atoms with Gasteiger partial charge in [-0.15, -0.1) is 5.10 Å². The zero-order valence-electron chi connectivity index (χ0n) is 22.8. The van der Waals surface area contributed by atoms with Gasteiger partial charge in [0.25, 0.3) is 5.91 Å². The average molecular weight is 550 g/mol. The maximum atomic E-state index is 15.6. The van der Waals surface area contributed by atoms with Crippen molar-refractivity contribution in [2.75, 3.05) is 20.7 Å². The van der Waals surface area contributed by atoms with Crippen molar-refractivity contribution in [1.29, 1.82) is 0 Å². The molecule has 13 heteroatoms. The Labute approximate surface area is 230 Å². The van der Waals surface area contributed by atoms with Crippen molar-refractivity contribution in [2.24, 2.45) is 0 Å². The van der Waals surface area contributed by atoms with E-state index in [1.807, 2.05) is 4.68 Å². The number of methoxy groups -OCH3 is 1. The first-order valence-corrected chi connectivity index (χ1v) is 13.3. The van der Waals surface area contributed by atoms with Crippen LogP contribution in [0.5, 0.6) is 5.75 Å². The van der Waals surface area contributed by atoms with Crippen LogP contribution in [0, 0.1) is 12.7 Å². The monoisotopic (exact) mass is 549 g/mol. The van der Waals surface area contributed by atoms with Crippen molar-refractivity contribution in [3.8, 4) is 11.4 Å². The number of aryl methyl sites for hydroxylation is 1. The number of rotatable bonds is 10. The van der Waals surface area contributed by atoms with Crippen LogP contribution in [0.2, 0.25) is 0 Å². The highest BCUT2D eigenvalue weighted by Gasteiger charge is 2.27. The van der Waals surface area contributed by atoms with Gasteiger partial charge >= 0.3 is 0 Å². The van der Waals surface area contributed by atoms with Crippen LogP contribution in [-0.4, -0.2) is 72.2 Å². The second-order valence-corrected chi connectivity index (χ2v) is 10.4. The molecule has 0 spiro atoms. The molecule has 40 heavy (non-hydrogen) atoms. The third-order valence-corrected chi connectivity index (χ3v) is 7.01. The predicted molar refractivity (Wildman–Crippen MR) is 141 cm³/mol. The van der Waals surface area contributed by atoms with E-state index in [1.165, 1.54) is 4.68 Å². The Morgan fingerprint density at radius 2 is 2.05 bits per heavy atom. The van der Waals surface area contributed by atoms with Gasteiger partial charge in [-0.05, 0) is 45.0 Å². The summed E-state index contributed by atoms with van der Waals surface area (Å²) in [4.78, 5) is 15.6. The lowest BCUT2D eigenvalue weighted by molar-refractivity contribution is 0.0945. The molecule has 2 aliphatic rings. The molecule has 6 rings (SSSR count). The quantitative estimate of drug-likeness (QED) is 0.320. The summed E-state index contributed by atoms with van der Waals surface area (Å²) in [5, 5.41) is 20.3. The first-order chi connectivity index (χ1) is 19.4. The molecule has 12 nitrogen and oxygen atoms in total. The van der Waals surface area contributed by atoms with Gasteiger partial charge in [0.1, 0.15) is 5.69 Å². The Kier molecular flexibility index (Phi) is 7.07. The number of nitrogens with zero attached hydrogens (tertiary/aromatic N) is 8. The van der Waals surface area contributed by atoms with E-state index in [0.717, 1.165) is 43.9 Å². The minimum atomic E-state index is -0.528. The molecular formula is C27H32FN9O3. The fraction of sp³-hybridized carbons (Fsp3) is 0.444. The van der Waals surface area contributed by atoms with Gasteiger partial charge in [0, 0.05) is 38.5 Å². The summed E-state index contributed by atoms with van der Waals surface area (Å²) in [6, 6.07) is 5.39. The summed E-state index contributed by atoms with van der Waals surface area (Å²) < 4.78 is 31.9. The van der Waals surface area contributed by atoms with E-state index in [0.29, 0.717) is 29.2 Å². The van der Waals surface area contributed by atoms with Crippen LogP contribution in [0.15, 0.2) is 30.6 Å². The number of hydrogen-bond donors (Lipinski definition) is 1. The Morgan fingerprint density at radius 3 is 2.80 bits per heavy atom. The van der Waals surface area contributed by atoms with Gasteiger partial charge in [-0.25, -0.2) is 9.07 Å². The number of carbonyl (C=O) groups excluding carboxylic acids is 1. The normalized spacial score (nSPS) is 15.3. The zero-order valence-corrected chi connectivity index (χ0v) is 22.8. The maximum Gasteiger partial charge on any atom is 0.255 e. The standard InChI is InChI=1S/C27H32FN9O3/c1-17-12-37(33-30-17)24-6-7-25(40-20-4-5-20)26(28)21(24)11-29-27(38)22-15-35(32-23(22)16-39-3)13-18-10-19-14-34(2)8-9-36(19)31-18/h6-7,10,12,15,20H,4-5,8-9,11,13-14,16H2,1-3H3,(H,29,38). The number of ether oxygens (including phenoxy) is 2. The highest BCUT2D eigenvalue weighted by atomic mass is 19.1. The van der Waals surface area contributed by atoms with Gasteiger partial charge in [0.05, 0.1) is 60.3 Å². The SMILES string of the molecule is COCc1nn(Cc2cc3n(n2)CCN(C)C3)cc1C(=O)NCc1c(-n2cc(C)nn2)ccc(OC2CC2)c1F. The van der Waals surface area contributed by atoms with Gasteiger partial charge in [0.2, 0.25) is 0 Å². The third-order valence-electron chi connectivity index (χ3n) is 7.01. The van der Waals surface area contributed by atoms with Gasteiger partial charge in [-0.2, -0.15) is 10.2 Å². The fourth-order valence-corrected chi connectivity index (χ4v) is 4.83. The minimum absolute atomic E-state index is 0.0284. The van der Waals surface area contributed by atoms with E-state index >= 15 is 4.39 Å². The molecule has 4 aromatic rings. The van der Waals surface area contributed by atoms with Crippen LogP contribution in [0.4, 0.5) is 4.39 Å². The molecule has 1 saturated carbocycles. The molecule has 1 N–H and O–H groups in total. The largest absolute Gasteiger partial charge is 0.487 e. The summed E-state index contributed by atoms with van der Waals surface area (Å²) in [6.07, 6.45) is 5.22. The van der Waals surface area contributed by atoms with Crippen LogP contribution in [0.1, 0.15) is 51.5 Å². The molecule has 0 radical (unpaired) electrons. The molecule has 0 bridgehead atoms. The number of nitrogens with one attached hydrogen (secondary N) is 1. The molecule has 1 aromatic carbocycles. The van der Waals surface area contributed by atoms with Crippen molar-refractivity contribution in [3.05, 3.63) is 70.3 Å². The summed E-state index contributed by atoms with van der Waals surface area (Å²) >= 11 is 0. The third kappa shape index (κ3) is 5.47. The molecule has 0 saturated heterocycles. The maximum absolute atomic E-state index is 15.6. The topological polar surface area (TPSA) is 117 Å². The van der Waals surface area contributed by atoms with Crippen LogP contribution in [-0.2, 0) is 37.5 Å². The number of aromatic nitrogens is 7. The van der Waals surface area contributed by atoms with E-state index in [9.17, 15) is 4.79 Å². The zero-order chi connectivity index (χ0) is 27.8. The molecule has 1 fully saturated rings. The minimum Gasteiger partial charge on any atom is -0.487 e. The van der Waals surface area contributed by atoms with Crippen molar-refractivity contribution < 1.29 is 18.7 Å². The predicted octanol–water partition coefficient (Wildman–Crippen LogP) is 2.22. The molecule has 1 aliphatic heterocycles. The van der Waals surface area contributed by atoms with E-state index in [1.54, 1.807) is 43.2 Å². The first kappa shape index (κ1) is 26.1. The molecule has 210 valence electrons. The molecule has 4 heterocycles. The molecule has 0 atom stereocenters. The Balaban J connectivity index is 1.23. The first-order valence-electron chi connectivity index (χ1n) is 13.3. The molecule has 0 unspecified atom stereocenters. The molecular weight excluding hydrogens is 517 g/mol. The average Bonchev–Trinajstić information content (AvgIpc) is 3.29. The van der Waals surface area contributed by atoms with Crippen LogP contribution < -0.4 is 10.1 Å². The summed E-state index contributed by atoms with van der Waals surface area (Å²) in [5.74, 6) is -0.757. The highest BCUT2D eigenvalue weighted by molar-refractivity contribution is 5.95. The Hall–Kier alpha value is -4.10. The van der Waals surface area contributed by atoms with Crippen molar-refractivity contribution in [2.45, 2.75) is 58.7 Å². The van der Waals surface area contributed by atoms with Crippen LogP contribution in [0.25, 0.3) is 5.69 Å². The van der Waals surface area contributed by atoms with E-state index in [-0.39, 0.29) is 30.6 Å². The summed E-state index contributed by atoms with van der Waals surface area (Å²) in [6.45, 7) is 4.92. The van der Waals surface area contributed by atoms with E-state index < -0.39 is 11.7 Å². The number of likely N-dealkylation sites (N-methyl/N-ethyl adjacent to an activating group) is 1. The number of carbonyl (C=O) groups is 1. The number of hydrogen-bond acceptors (Lipinski definition) is 8. The second-order valence-electron chi connectivity index (χ2n) is 10.4. The van der Waals surface area contributed by atoms with Gasteiger partial charge < -0.3 is 14.8 Å². The lowest BCUT2D eigenvalue weighted by atomic mass is 10.1. The summed E-state index contributed by atoms with van der Waals surface area (Å²) in [5.41, 5.74) is 4.28. The van der Waals surface area contributed by atoms with E-state index in [2.05, 4.69) is 38.7 Å². The molecule has 1 amide bonds. The number of fused-ring (bicyclic) bond motifs is 1. The van der Waals surface area contributed by atoms with Crippen LogP contribution >= 0.6 is 0 Å². The number of benzene rings is 1. The summed E-state index contributed by atoms with van der Waals surface area (Å²) in [7, 11) is 3.64. The fourth-order valence-electron chi connectivity index (χ4n) is 4.83. The molecule has 1 aliphatic carbocycles. The van der Waals surface area contributed by atoms with E-state index in [4.69, 9.17) is 14.6 Å². The van der Waals surface area contributed by atoms with Crippen molar-refractivity contribution in [1.82, 2.24) is 44.8 Å². The number of amides is 1. The second kappa shape index (κ2) is 10.8. The van der Waals surface area contributed by atoms with Gasteiger partial charge in [-0.1, -0.05) is 5.21 Å². The smallest absolute Gasteiger partial charge is 0.255 e. The highest BCUT2D eigenvalue weighted by Crippen LogP contribution is 2.32. The Morgan fingerprint density at radius 1 is 1.20 bits per heavy atom. The lowest BCUT2D eigenvalue weighted by Gasteiger charge is -2.22. The van der Waals surface area contributed by atoms with Crippen LogP contribution in [0.3, 0.4) is 0 Å². The Bertz CT molecular complexity index is 1540. The van der Waals surface area contributed by atoms with Crippen molar-refractivity contribution >= 4 is 5.91 Å². The number of halogens is 1. The lowest BCUT2D eigenvalue weighted by Crippen LogP contribution is -2.30.